The van der Waals surface area contributed by atoms with Crippen LogP contribution in [0.15, 0.2) is 30.5 Å². The summed E-state index contributed by atoms with van der Waals surface area (Å²) in [5, 5.41) is 9.12. The minimum Gasteiger partial charge on any atom is -0.436 e. The van der Waals surface area contributed by atoms with Crippen LogP contribution in [0.4, 0.5) is 4.39 Å². The molecule has 90 valence electrons. The topological polar surface area (TPSA) is 45.9 Å². The van der Waals surface area contributed by atoms with E-state index in [-0.39, 0.29) is 21.7 Å². The Morgan fingerprint density at radius 1 is 1.28 bits per heavy atom. The van der Waals surface area contributed by atoms with E-state index in [2.05, 4.69) is 4.98 Å². The SMILES string of the molecule is N#Cc1ccc(Oc2ncc(Cl)cc2F)cc1Cl. The fourth-order valence-electron chi connectivity index (χ4n) is 1.24. The van der Waals surface area contributed by atoms with Crippen LogP contribution in [0.2, 0.25) is 10.0 Å². The maximum absolute atomic E-state index is 13.4. The van der Waals surface area contributed by atoms with Crippen LogP contribution in [0, 0.1) is 17.1 Å². The number of halogens is 3. The van der Waals surface area contributed by atoms with Gasteiger partial charge in [0, 0.05) is 12.3 Å². The van der Waals surface area contributed by atoms with Crippen LogP contribution in [-0.4, -0.2) is 4.98 Å². The third-order valence-corrected chi connectivity index (χ3v) is 2.57. The third-order valence-electron chi connectivity index (χ3n) is 2.05. The number of nitriles is 1. The zero-order chi connectivity index (χ0) is 13.1. The summed E-state index contributed by atoms with van der Waals surface area (Å²) in [6.07, 6.45) is 1.27. The molecule has 0 fully saturated rings. The molecule has 0 saturated heterocycles. The Bertz CT molecular complexity index is 640. The summed E-state index contributed by atoms with van der Waals surface area (Å²) in [7, 11) is 0. The summed E-state index contributed by atoms with van der Waals surface area (Å²) in [5.74, 6) is -0.601. The van der Waals surface area contributed by atoms with Crippen LogP contribution < -0.4 is 4.74 Å². The standard InChI is InChI=1S/C12H5Cl2FN2O/c13-8-3-11(15)12(17-6-8)18-9-2-1-7(5-16)10(14)4-9/h1-4,6H. The van der Waals surface area contributed by atoms with Crippen LogP contribution in [0.5, 0.6) is 11.6 Å². The van der Waals surface area contributed by atoms with Crippen molar-refractivity contribution in [1.82, 2.24) is 4.98 Å². The summed E-state index contributed by atoms with van der Waals surface area (Å²) in [5.41, 5.74) is 0.313. The molecule has 0 radical (unpaired) electrons. The van der Waals surface area contributed by atoms with Crippen molar-refractivity contribution in [2.24, 2.45) is 0 Å². The molecule has 0 aliphatic rings. The summed E-state index contributed by atoms with van der Waals surface area (Å²) < 4.78 is 18.6. The summed E-state index contributed by atoms with van der Waals surface area (Å²) in [4.78, 5) is 3.71. The molecule has 0 saturated carbocycles. The lowest BCUT2D eigenvalue weighted by molar-refractivity contribution is 0.423. The molecule has 3 nitrogen and oxygen atoms in total. The molecule has 0 aliphatic carbocycles. The van der Waals surface area contributed by atoms with Gasteiger partial charge < -0.3 is 4.74 Å². The van der Waals surface area contributed by atoms with Crippen LogP contribution in [0.3, 0.4) is 0 Å². The Labute approximate surface area is 112 Å². The van der Waals surface area contributed by atoms with Gasteiger partial charge in [0.1, 0.15) is 11.8 Å². The zero-order valence-electron chi connectivity index (χ0n) is 8.82. The smallest absolute Gasteiger partial charge is 0.255 e. The van der Waals surface area contributed by atoms with E-state index in [1.807, 2.05) is 6.07 Å². The maximum atomic E-state index is 13.4. The molecule has 0 N–H and O–H groups in total. The van der Waals surface area contributed by atoms with Crippen molar-refractivity contribution in [2.45, 2.75) is 0 Å². The second-order valence-electron chi connectivity index (χ2n) is 3.30. The van der Waals surface area contributed by atoms with Crippen molar-refractivity contribution in [3.8, 4) is 17.7 Å². The van der Waals surface area contributed by atoms with Gasteiger partial charge >= 0.3 is 0 Å². The number of pyridine rings is 1. The Morgan fingerprint density at radius 2 is 2.06 bits per heavy atom. The van der Waals surface area contributed by atoms with Gasteiger partial charge in [0.2, 0.25) is 0 Å². The first-order valence-electron chi connectivity index (χ1n) is 4.78. The lowest BCUT2D eigenvalue weighted by Gasteiger charge is -2.06. The predicted molar refractivity (Wildman–Crippen MR) is 65.4 cm³/mol. The van der Waals surface area contributed by atoms with Crippen molar-refractivity contribution < 1.29 is 9.13 Å². The average molecular weight is 283 g/mol. The fourth-order valence-corrected chi connectivity index (χ4v) is 1.60. The third kappa shape index (κ3) is 2.70. The second-order valence-corrected chi connectivity index (χ2v) is 4.14. The van der Waals surface area contributed by atoms with Crippen molar-refractivity contribution in [3.05, 3.63) is 51.9 Å². The van der Waals surface area contributed by atoms with Crippen molar-refractivity contribution in [1.29, 1.82) is 5.26 Å². The summed E-state index contributed by atoms with van der Waals surface area (Å²) in [6.45, 7) is 0. The molecule has 1 heterocycles. The van der Waals surface area contributed by atoms with E-state index in [0.29, 0.717) is 5.56 Å². The first-order chi connectivity index (χ1) is 8.60. The molecular weight excluding hydrogens is 278 g/mol. The van der Waals surface area contributed by atoms with Crippen molar-refractivity contribution >= 4 is 23.2 Å². The van der Waals surface area contributed by atoms with E-state index in [9.17, 15) is 4.39 Å². The highest BCUT2D eigenvalue weighted by atomic mass is 35.5. The molecule has 0 bridgehead atoms. The number of hydrogen-bond donors (Lipinski definition) is 0. The largest absolute Gasteiger partial charge is 0.436 e. The van der Waals surface area contributed by atoms with Gasteiger partial charge in [-0.15, -0.1) is 0 Å². The molecule has 1 aromatic carbocycles. The lowest BCUT2D eigenvalue weighted by Crippen LogP contribution is -1.92. The van der Waals surface area contributed by atoms with E-state index in [4.69, 9.17) is 33.2 Å². The monoisotopic (exact) mass is 282 g/mol. The van der Waals surface area contributed by atoms with E-state index in [1.54, 1.807) is 0 Å². The highest BCUT2D eigenvalue weighted by Gasteiger charge is 2.08. The van der Waals surface area contributed by atoms with E-state index < -0.39 is 5.82 Å². The predicted octanol–water partition coefficient (Wildman–Crippen LogP) is 4.19. The van der Waals surface area contributed by atoms with E-state index in [0.717, 1.165) is 6.07 Å². The van der Waals surface area contributed by atoms with Gasteiger partial charge in [0.05, 0.1) is 15.6 Å². The maximum Gasteiger partial charge on any atom is 0.255 e. The van der Waals surface area contributed by atoms with Crippen LogP contribution in [-0.2, 0) is 0 Å². The Kier molecular flexibility index (Phi) is 3.66. The van der Waals surface area contributed by atoms with Gasteiger partial charge in [-0.25, -0.2) is 9.37 Å². The molecule has 2 aromatic rings. The molecular formula is C12H5Cl2FN2O. The molecule has 18 heavy (non-hydrogen) atoms. The Morgan fingerprint density at radius 3 is 2.67 bits per heavy atom. The first kappa shape index (κ1) is 12.6. The molecule has 1 aromatic heterocycles. The zero-order valence-corrected chi connectivity index (χ0v) is 10.3. The Hall–Kier alpha value is -1.83. The van der Waals surface area contributed by atoms with Crippen LogP contribution >= 0.6 is 23.2 Å². The molecule has 0 amide bonds. The average Bonchev–Trinajstić information content (AvgIpc) is 2.33. The van der Waals surface area contributed by atoms with Crippen molar-refractivity contribution in [2.75, 3.05) is 0 Å². The molecule has 6 heteroatoms. The molecule has 0 aliphatic heterocycles. The van der Waals surface area contributed by atoms with E-state index >= 15 is 0 Å². The first-order valence-corrected chi connectivity index (χ1v) is 5.54. The minimum atomic E-state index is -0.678. The number of nitrogens with zero attached hydrogens (tertiary/aromatic N) is 2. The Balaban J connectivity index is 2.29. The van der Waals surface area contributed by atoms with Crippen LogP contribution in [0.25, 0.3) is 0 Å². The van der Waals surface area contributed by atoms with Gasteiger partial charge in [-0.1, -0.05) is 23.2 Å². The van der Waals surface area contributed by atoms with Crippen LogP contribution in [0.1, 0.15) is 5.56 Å². The minimum absolute atomic E-state index is 0.178. The van der Waals surface area contributed by atoms with E-state index in [1.165, 1.54) is 24.4 Å². The normalized spacial score (nSPS) is 9.89. The number of ether oxygens (including phenoxy) is 1. The highest BCUT2D eigenvalue weighted by molar-refractivity contribution is 6.31. The van der Waals surface area contributed by atoms with Gasteiger partial charge in [-0.05, 0) is 18.2 Å². The lowest BCUT2D eigenvalue weighted by atomic mass is 10.2. The number of rotatable bonds is 2. The van der Waals surface area contributed by atoms with Gasteiger partial charge in [-0.3, -0.25) is 0 Å². The number of aromatic nitrogens is 1. The number of hydrogen-bond acceptors (Lipinski definition) is 3. The van der Waals surface area contributed by atoms with Gasteiger partial charge in [0.25, 0.3) is 5.88 Å². The summed E-state index contributed by atoms with van der Waals surface area (Å²) >= 11 is 11.4. The molecule has 2 rings (SSSR count). The molecule has 0 unspecified atom stereocenters. The summed E-state index contributed by atoms with van der Waals surface area (Å²) in [6, 6.07) is 7.39. The molecule has 0 atom stereocenters. The molecule has 0 spiro atoms. The van der Waals surface area contributed by atoms with Gasteiger partial charge in [0.15, 0.2) is 5.82 Å². The second kappa shape index (κ2) is 5.21. The quantitative estimate of drug-likeness (QED) is 0.830. The fraction of sp³-hybridized carbons (Fsp3) is 0. The van der Waals surface area contributed by atoms with Gasteiger partial charge in [-0.2, -0.15) is 5.26 Å². The number of benzene rings is 1. The van der Waals surface area contributed by atoms with Crippen molar-refractivity contribution in [3.63, 3.8) is 0 Å². The highest BCUT2D eigenvalue weighted by Crippen LogP contribution is 2.27.